The van der Waals surface area contributed by atoms with Gasteiger partial charge in [-0.15, -0.1) is 10.2 Å². The number of nitrogens with one attached hydrogen (secondary N) is 1. The minimum Gasteiger partial charge on any atom is -0.506 e. The Balaban J connectivity index is 1.76. The van der Waals surface area contributed by atoms with Crippen molar-refractivity contribution in [3.63, 3.8) is 0 Å². The van der Waals surface area contributed by atoms with Crippen molar-refractivity contribution in [3.05, 3.63) is 50.9 Å². The van der Waals surface area contributed by atoms with Gasteiger partial charge >= 0.3 is 0 Å². The Bertz CT molecular complexity index is 1030. The van der Waals surface area contributed by atoms with Crippen LogP contribution in [0.5, 0.6) is 11.6 Å². The van der Waals surface area contributed by atoms with Crippen LogP contribution in [0.1, 0.15) is 31.6 Å². The molecule has 0 amide bonds. The molecule has 0 aliphatic carbocycles. The van der Waals surface area contributed by atoms with Gasteiger partial charge in [-0.05, 0) is 56.5 Å². The van der Waals surface area contributed by atoms with Gasteiger partial charge in [-0.25, -0.2) is 0 Å². The van der Waals surface area contributed by atoms with Gasteiger partial charge in [0.1, 0.15) is 5.75 Å². The normalized spacial score (nSPS) is 14.9. The third kappa shape index (κ3) is 4.36. The number of rotatable bonds is 5. The average molecular weight is 538 g/mol. The van der Waals surface area contributed by atoms with E-state index in [-0.39, 0.29) is 5.75 Å². The lowest BCUT2D eigenvalue weighted by Gasteiger charge is -2.20. The molecule has 0 radical (unpaired) electrons. The maximum Gasteiger partial charge on any atom is 0.247 e. The Morgan fingerprint density at radius 2 is 1.93 bits per heavy atom. The summed E-state index contributed by atoms with van der Waals surface area (Å²) in [6.07, 6.45) is 1.69. The number of aromatic hydroxyl groups is 1. The number of phenols is 1. The number of aromatic nitrogens is 3. The lowest BCUT2D eigenvalue weighted by Crippen LogP contribution is -2.17. The fraction of sp³-hybridized carbons (Fsp3) is 0.250. The third-order valence-electron chi connectivity index (χ3n) is 4.40. The van der Waals surface area contributed by atoms with E-state index in [2.05, 4.69) is 59.3 Å². The Morgan fingerprint density at radius 3 is 2.69 bits per heavy atom. The largest absolute Gasteiger partial charge is 0.506 e. The number of phenolic OH excluding ortho intramolecular Hbond substituents is 1. The SMILES string of the molecule is CCCCSc1nnc2c(n1)OC(c1cc(Br)c(O)c(Br)c1)Nc1ccccc1-2. The second-order valence-electron chi connectivity index (χ2n) is 6.47. The molecular formula is C20H18Br2N4O2S. The molecule has 0 saturated carbocycles. The van der Waals surface area contributed by atoms with E-state index in [1.807, 2.05) is 36.4 Å². The van der Waals surface area contributed by atoms with Gasteiger partial charge in [0, 0.05) is 22.6 Å². The molecular weight excluding hydrogens is 520 g/mol. The van der Waals surface area contributed by atoms with E-state index in [0.29, 0.717) is 25.7 Å². The fourth-order valence-corrected chi connectivity index (χ4v) is 4.99. The van der Waals surface area contributed by atoms with Crippen LogP contribution in [-0.2, 0) is 0 Å². The van der Waals surface area contributed by atoms with E-state index in [0.717, 1.165) is 35.4 Å². The molecule has 0 fully saturated rings. The second kappa shape index (κ2) is 8.89. The zero-order chi connectivity index (χ0) is 20.4. The molecule has 0 bridgehead atoms. The summed E-state index contributed by atoms with van der Waals surface area (Å²) in [6, 6.07) is 11.5. The molecule has 0 spiro atoms. The van der Waals surface area contributed by atoms with Crippen molar-refractivity contribution in [2.75, 3.05) is 11.1 Å². The first kappa shape index (κ1) is 20.4. The monoisotopic (exact) mass is 536 g/mol. The zero-order valence-corrected chi connectivity index (χ0v) is 19.5. The number of ether oxygens (including phenoxy) is 1. The molecule has 3 aromatic rings. The maximum atomic E-state index is 10.1. The maximum absolute atomic E-state index is 10.1. The van der Waals surface area contributed by atoms with Gasteiger partial charge in [-0.3, -0.25) is 0 Å². The van der Waals surface area contributed by atoms with E-state index in [1.165, 1.54) is 0 Å². The van der Waals surface area contributed by atoms with Gasteiger partial charge in [-0.1, -0.05) is 43.3 Å². The van der Waals surface area contributed by atoms with E-state index in [4.69, 9.17) is 4.74 Å². The number of para-hydroxylation sites is 1. The number of unbranched alkanes of at least 4 members (excludes halogenated alkanes) is 1. The van der Waals surface area contributed by atoms with Crippen molar-refractivity contribution in [2.45, 2.75) is 31.1 Å². The number of hydrogen-bond donors (Lipinski definition) is 2. The molecule has 9 heteroatoms. The zero-order valence-electron chi connectivity index (χ0n) is 15.5. The van der Waals surface area contributed by atoms with Crippen LogP contribution in [0.3, 0.4) is 0 Å². The van der Waals surface area contributed by atoms with E-state index >= 15 is 0 Å². The smallest absolute Gasteiger partial charge is 0.247 e. The number of hydrogen-bond acceptors (Lipinski definition) is 7. The van der Waals surface area contributed by atoms with Gasteiger partial charge in [0.15, 0.2) is 11.9 Å². The lowest BCUT2D eigenvalue weighted by molar-refractivity contribution is 0.225. The molecule has 2 aromatic carbocycles. The minimum absolute atomic E-state index is 0.141. The number of fused-ring (bicyclic) bond motifs is 3. The summed E-state index contributed by atoms with van der Waals surface area (Å²) in [7, 11) is 0. The Hall–Kier alpha value is -1.84. The highest BCUT2D eigenvalue weighted by atomic mass is 79.9. The van der Waals surface area contributed by atoms with Crippen LogP contribution in [0.4, 0.5) is 5.69 Å². The fourth-order valence-electron chi connectivity index (χ4n) is 2.90. The van der Waals surface area contributed by atoms with Crippen LogP contribution >= 0.6 is 43.6 Å². The summed E-state index contributed by atoms with van der Waals surface area (Å²) >= 11 is 8.35. The Morgan fingerprint density at radius 1 is 1.17 bits per heavy atom. The van der Waals surface area contributed by atoms with Gasteiger partial charge < -0.3 is 15.2 Å². The average Bonchev–Trinajstić information content (AvgIpc) is 2.88. The quantitative estimate of drug-likeness (QED) is 0.298. The van der Waals surface area contributed by atoms with Crippen molar-refractivity contribution in [3.8, 4) is 22.9 Å². The summed E-state index contributed by atoms with van der Waals surface area (Å²) in [6.45, 7) is 2.15. The number of thioether (sulfide) groups is 1. The number of nitrogens with zero attached hydrogens (tertiary/aromatic N) is 3. The van der Waals surface area contributed by atoms with Crippen molar-refractivity contribution in [1.29, 1.82) is 0 Å². The van der Waals surface area contributed by atoms with E-state index < -0.39 is 6.23 Å². The second-order valence-corrected chi connectivity index (χ2v) is 9.24. The van der Waals surface area contributed by atoms with Crippen LogP contribution in [0, 0.1) is 0 Å². The Labute approximate surface area is 189 Å². The molecule has 1 aliphatic rings. The molecule has 29 heavy (non-hydrogen) atoms. The lowest BCUT2D eigenvalue weighted by atomic mass is 10.1. The molecule has 6 nitrogen and oxygen atoms in total. The summed E-state index contributed by atoms with van der Waals surface area (Å²) < 4.78 is 7.40. The predicted octanol–water partition coefficient (Wildman–Crippen LogP) is 6.16. The molecule has 2 heterocycles. The molecule has 1 aromatic heterocycles. The van der Waals surface area contributed by atoms with E-state index in [9.17, 15) is 5.11 Å². The van der Waals surface area contributed by atoms with E-state index in [1.54, 1.807) is 11.8 Å². The van der Waals surface area contributed by atoms with Crippen LogP contribution in [0.15, 0.2) is 50.5 Å². The van der Waals surface area contributed by atoms with Gasteiger partial charge in [0.05, 0.1) is 8.95 Å². The summed E-state index contributed by atoms with van der Waals surface area (Å²) in [5.74, 6) is 1.51. The summed E-state index contributed by atoms with van der Waals surface area (Å²) in [4.78, 5) is 4.64. The van der Waals surface area contributed by atoms with Crippen LogP contribution in [0.2, 0.25) is 0 Å². The third-order valence-corrected chi connectivity index (χ3v) is 6.54. The van der Waals surface area contributed by atoms with Gasteiger partial charge in [-0.2, -0.15) is 4.98 Å². The van der Waals surface area contributed by atoms with Crippen LogP contribution < -0.4 is 10.1 Å². The molecule has 1 aliphatic heterocycles. The summed E-state index contributed by atoms with van der Waals surface area (Å²) in [5, 5.41) is 22.8. The first-order valence-electron chi connectivity index (χ1n) is 9.15. The number of anilines is 1. The first-order valence-corrected chi connectivity index (χ1v) is 11.7. The van der Waals surface area contributed by atoms with Crippen molar-refractivity contribution < 1.29 is 9.84 Å². The van der Waals surface area contributed by atoms with Crippen molar-refractivity contribution in [2.24, 2.45) is 0 Å². The molecule has 4 rings (SSSR count). The predicted molar refractivity (Wildman–Crippen MR) is 121 cm³/mol. The van der Waals surface area contributed by atoms with Crippen molar-refractivity contribution >= 4 is 49.3 Å². The standard InChI is InChI=1S/C20H18Br2N4O2S/c1-2-3-8-29-20-24-19-16(25-26-20)12-6-4-5-7-15(12)23-18(28-19)11-9-13(21)17(27)14(22)10-11/h4-7,9-10,18,23,27H,2-3,8H2,1H3. The topological polar surface area (TPSA) is 80.2 Å². The highest BCUT2D eigenvalue weighted by molar-refractivity contribution is 9.11. The molecule has 150 valence electrons. The Kier molecular flexibility index (Phi) is 6.26. The van der Waals surface area contributed by atoms with Gasteiger partial charge in [0.2, 0.25) is 11.0 Å². The number of benzene rings is 2. The van der Waals surface area contributed by atoms with Crippen LogP contribution in [0.25, 0.3) is 11.3 Å². The van der Waals surface area contributed by atoms with Crippen molar-refractivity contribution in [1.82, 2.24) is 15.2 Å². The van der Waals surface area contributed by atoms with Crippen LogP contribution in [-0.4, -0.2) is 26.0 Å². The first-order chi connectivity index (χ1) is 14.1. The molecule has 1 atom stereocenters. The summed E-state index contributed by atoms with van der Waals surface area (Å²) in [5.41, 5.74) is 3.18. The molecule has 1 unspecified atom stereocenters. The molecule has 0 saturated heterocycles. The number of halogens is 2. The highest BCUT2D eigenvalue weighted by Gasteiger charge is 2.27. The minimum atomic E-state index is -0.518. The van der Waals surface area contributed by atoms with Gasteiger partial charge in [0.25, 0.3) is 0 Å². The molecule has 2 N–H and O–H groups in total. The highest BCUT2D eigenvalue weighted by Crippen LogP contribution is 2.41.